The Morgan fingerprint density at radius 3 is 2.29 bits per heavy atom. The second-order valence-corrected chi connectivity index (χ2v) is 5.83. The van der Waals surface area contributed by atoms with Crippen LogP contribution in [-0.2, 0) is 4.79 Å². The van der Waals surface area contributed by atoms with Crippen molar-refractivity contribution < 1.29 is 4.79 Å². The molecule has 0 saturated heterocycles. The number of rotatable bonds is 7. The number of carbonyl (C=O) groups is 1. The summed E-state index contributed by atoms with van der Waals surface area (Å²) in [6.07, 6.45) is 0. The minimum Gasteiger partial charge on any atom is -0.389 e. The summed E-state index contributed by atoms with van der Waals surface area (Å²) in [6, 6.07) is 7.02. The first-order valence-electron chi connectivity index (χ1n) is 6.87. The van der Waals surface area contributed by atoms with Crippen LogP contribution in [0.5, 0.6) is 0 Å². The lowest BCUT2D eigenvalue weighted by atomic mass is 10.2. The van der Waals surface area contributed by atoms with Gasteiger partial charge in [0.05, 0.1) is 6.04 Å². The summed E-state index contributed by atoms with van der Waals surface area (Å²) in [4.78, 5) is 16.7. The van der Waals surface area contributed by atoms with Crippen LogP contribution in [0.2, 0.25) is 0 Å². The van der Waals surface area contributed by atoms with Gasteiger partial charge in [0.2, 0.25) is 5.91 Å². The number of amides is 1. The molecule has 0 spiro atoms. The summed E-state index contributed by atoms with van der Waals surface area (Å²) in [5.74, 6) is -0.0284. The van der Waals surface area contributed by atoms with Crippen molar-refractivity contribution in [1.82, 2.24) is 9.80 Å². The number of nitrogens with one attached hydrogen (secondary N) is 1. The quantitative estimate of drug-likeness (QED) is 0.740. The summed E-state index contributed by atoms with van der Waals surface area (Å²) in [5, 5.41) is 2.90. The minimum atomic E-state index is -0.194. The number of carbonyl (C=O) groups excluding carboxylic acids is 1. The van der Waals surface area contributed by atoms with E-state index in [9.17, 15) is 4.79 Å². The molecule has 0 aromatic heterocycles. The highest BCUT2D eigenvalue weighted by atomic mass is 32.1. The lowest BCUT2D eigenvalue weighted by molar-refractivity contribution is -0.120. The van der Waals surface area contributed by atoms with Gasteiger partial charge in [-0.3, -0.25) is 9.69 Å². The molecule has 1 unspecified atom stereocenters. The second-order valence-electron chi connectivity index (χ2n) is 5.39. The Bertz CT molecular complexity index is 487. The van der Waals surface area contributed by atoms with Crippen molar-refractivity contribution >= 4 is 28.8 Å². The fraction of sp³-hybridized carbons (Fsp3) is 0.467. The van der Waals surface area contributed by atoms with Gasteiger partial charge in [0.25, 0.3) is 0 Å². The van der Waals surface area contributed by atoms with E-state index in [1.807, 2.05) is 33.0 Å². The number of hydrogen-bond donors (Lipinski definition) is 2. The molecule has 21 heavy (non-hydrogen) atoms. The third-order valence-electron chi connectivity index (χ3n) is 3.38. The maximum Gasteiger partial charge on any atom is 0.241 e. The van der Waals surface area contributed by atoms with Crippen molar-refractivity contribution in [3.8, 4) is 0 Å². The molecule has 1 aromatic carbocycles. The molecule has 116 valence electrons. The molecule has 0 aliphatic rings. The third-order valence-corrected chi connectivity index (χ3v) is 3.61. The Morgan fingerprint density at radius 1 is 1.24 bits per heavy atom. The SMILES string of the molecule is CC(C(=O)Nc1ccc(C(N)=S)cc1)N(C)CCN(C)C. The standard InChI is InChI=1S/C15H24N4OS/c1-11(19(4)10-9-18(2)3)15(20)17-13-7-5-12(6-8-13)14(16)21/h5-8,11H,9-10H2,1-4H3,(H2,16,21)(H,17,20). The van der Waals surface area contributed by atoms with Crippen LogP contribution in [0.1, 0.15) is 12.5 Å². The second kappa shape index (κ2) is 8.07. The molecular formula is C15H24N4OS. The fourth-order valence-corrected chi connectivity index (χ4v) is 1.85. The third kappa shape index (κ3) is 5.79. The monoisotopic (exact) mass is 308 g/mol. The van der Waals surface area contributed by atoms with E-state index < -0.39 is 0 Å². The molecule has 5 nitrogen and oxygen atoms in total. The van der Waals surface area contributed by atoms with Crippen molar-refractivity contribution in [3.63, 3.8) is 0 Å². The predicted molar refractivity (Wildman–Crippen MR) is 91.6 cm³/mol. The van der Waals surface area contributed by atoms with Gasteiger partial charge in [-0.25, -0.2) is 0 Å². The number of thiocarbonyl (C=S) groups is 1. The van der Waals surface area contributed by atoms with Gasteiger partial charge in [0, 0.05) is 24.3 Å². The molecule has 0 radical (unpaired) electrons. The summed E-state index contributed by atoms with van der Waals surface area (Å²) in [6.45, 7) is 3.65. The van der Waals surface area contributed by atoms with E-state index in [4.69, 9.17) is 18.0 Å². The molecule has 0 aliphatic carbocycles. The molecule has 1 rings (SSSR count). The molecule has 0 saturated carbocycles. The Hall–Kier alpha value is -1.50. The maximum atomic E-state index is 12.2. The summed E-state index contributed by atoms with van der Waals surface area (Å²) in [7, 11) is 5.98. The van der Waals surface area contributed by atoms with Crippen LogP contribution < -0.4 is 11.1 Å². The van der Waals surface area contributed by atoms with Crippen LogP contribution in [-0.4, -0.2) is 61.0 Å². The van der Waals surface area contributed by atoms with E-state index >= 15 is 0 Å². The molecule has 0 heterocycles. The van der Waals surface area contributed by atoms with Crippen LogP contribution in [0, 0.1) is 0 Å². The topological polar surface area (TPSA) is 61.6 Å². The molecule has 1 atom stereocenters. The Balaban J connectivity index is 2.57. The minimum absolute atomic E-state index is 0.0284. The first-order chi connectivity index (χ1) is 9.81. The van der Waals surface area contributed by atoms with E-state index in [2.05, 4.69) is 10.2 Å². The van der Waals surface area contributed by atoms with Gasteiger partial charge in [-0.15, -0.1) is 0 Å². The molecule has 0 fully saturated rings. The van der Waals surface area contributed by atoms with E-state index in [1.165, 1.54) is 0 Å². The van der Waals surface area contributed by atoms with E-state index in [0.717, 1.165) is 24.3 Å². The van der Waals surface area contributed by atoms with Crippen molar-refractivity contribution in [2.24, 2.45) is 5.73 Å². The Kier molecular flexibility index (Phi) is 6.74. The zero-order valence-electron chi connectivity index (χ0n) is 13.1. The number of benzene rings is 1. The van der Waals surface area contributed by atoms with Gasteiger partial charge in [-0.05, 0) is 52.3 Å². The summed E-state index contributed by atoms with van der Waals surface area (Å²) < 4.78 is 0. The van der Waals surface area contributed by atoms with Crippen LogP contribution in [0.15, 0.2) is 24.3 Å². The fourth-order valence-electron chi connectivity index (χ4n) is 1.72. The lowest BCUT2D eigenvalue weighted by Crippen LogP contribution is -2.42. The van der Waals surface area contributed by atoms with Gasteiger partial charge in [-0.2, -0.15) is 0 Å². The molecule has 1 amide bonds. The summed E-state index contributed by atoms with van der Waals surface area (Å²) in [5.41, 5.74) is 7.08. The van der Waals surface area contributed by atoms with Crippen LogP contribution >= 0.6 is 12.2 Å². The van der Waals surface area contributed by atoms with E-state index in [1.54, 1.807) is 24.3 Å². The highest BCUT2D eigenvalue weighted by Gasteiger charge is 2.17. The van der Waals surface area contributed by atoms with Crippen molar-refractivity contribution in [3.05, 3.63) is 29.8 Å². The largest absolute Gasteiger partial charge is 0.389 e. The first-order valence-corrected chi connectivity index (χ1v) is 7.27. The molecule has 0 aliphatic heterocycles. The Labute approximate surface area is 132 Å². The lowest BCUT2D eigenvalue weighted by Gasteiger charge is -2.25. The first kappa shape index (κ1) is 17.6. The van der Waals surface area contributed by atoms with Gasteiger partial charge in [-0.1, -0.05) is 12.2 Å². The van der Waals surface area contributed by atoms with Crippen LogP contribution in [0.4, 0.5) is 5.69 Å². The summed E-state index contributed by atoms with van der Waals surface area (Å²) >= 11 is 4.90. The smallest absolute Gasteiger partial charge is 0.241 e. The molecule has 3 N–H and O–H groups in total. The number of hydrogen-bond acceptors (Lipinski definition) is 4. The number of nitrogens with zero attached hydrogens (tertiary/aromatic N) is 2. The normalized spacial score (nSPS) is 12.5. The molecule has 1 aromatic rings. The average molecular weight is 308 g/mol. The Morgan fingerprint density at radius 2 is 1.81 bits per heavy atom. The van der Waals surface area contributed by atoms with Gasteiger partial charge in [0.15, 0.2) is 0 Å². The van der Waals surface area contributed by atoms with Gasteiger partial charge < -0.3 is 16.0 Å². The number of nitrogens with two attached hydrogens (primary N) is 1. The van der Waals surface area contributed by atoms with Gasteiger partial charge in [0.1, 0.15) is 4.99 Å². The van der Waals surface area contributed by atoms with E-state index in [0.29, 0.717) is 4.99 Å². The van der Waals surface area contributed by atoms with Crippen molar-refractivity contribution in [2.75, 3.05) is 39.5 Å². The highest BCUT2D eigenvalue weighted by molar-refractivity contribution is 7.80. The van der Waals surface area contributed by atoms with Crippen LogP contribution in [0.3, 0.4) is 0 Å². The maximum absolute atomic E-state index is 12.2. The highest BCUT2D eigenvalue weighted by Crippen LogP contribution is 2.10. The van der Waals surface area contributed by atoms with Crippen molar-refractivity contribution in [1.29, 1.82) is 0 Å². The van der Waals surface area contributed by atoms with Crippen LogP contribution in [0.25, 0.3) is 0 Å². The predicted octanol–water partition coefficient (Wildman–Crippen LogP) is 1.14. The van der Waals surface area contributed by atoms with Gasteiger partial charge >= 0.3 is 0 Å². The number of anilines is 1. The van der Waals surface area contributed by atoms with E-state index in [-0.39, 0.29) is 11.9 Å². The van der Waals surface area contributed by atoms with Crippen molar-refractivity contribution in [2.45, 2.75) is 13.0 Å². The molecule has 6 heteroatoms. The zero-order chi connectivity index (χ0) is 16.0. The zero-order valence-corrected chi connectivity index (χ0v) is 13.9. The molecule has 0 bridgehead atoms. The average Bonchev–Trinajstić information content (AvgIpc) is 2.44. The molecular weight excluding hydrogens is 284 g/mol. The number of likely N-dealkylation sites (N-methyl/N-ethyl adjacent to an activating group) is 2.